The Labute approximate surface area is 129 Å². The molecule has 0 saturated heterocycles. The van der Waals surface area contributed by atoms with Crippen LogP contribution < -0.4 is 10.1 Å². The van der Waals surface area contributed by atoms with Crippen molar-refractivity contribution in [1.29, 1.82) is 0 Å². The Morgan fingerprint density at radius 3 is 2.73 bits per heavy atom. The lowest BCUT2D eigenvalue weighted by Crippen LogP contribution is -2.29. The van der Waals surface area contributed by atoms with Crippen molar-refractivity contribution in [3.63, 3.8) is 0 Å². The molecule has 1 aliphatic heterocycles. The van der Waals surface area contributed by atoms with E-state index in [0.717, 1.165) is 23.4 Å². The summed E-state index contributed by atoms with van der Waals surface area (Å²) in [5, 5.41) is 3.64. The standard InChI is InChI=1S/C19H18FNO/c1-22-17-7-3-6-16-14-4-2-5-15(14)18(21-19(16)17)12-8-10-13(20)11-9-12/h2-4,6-11,14-15,18,21H,5H2,1H3/t14-,15-,18+/m0/s1. The van der Waals surface area contributed by atoms with E-state index in [2.05, 4.69) is 23.5 Å². The molecule has 22 heavy (non-hydrogen) atoms. The Bertz CT molecular complexity index is 723. The molecular weight excluding hydrogens is 277 g/mol. The Hall–Kier alpha value is -2.29. The molecule has 2 aromatic carbocycles. The molecule has 112 valence electrons. The molecule has 2 aliphatic rings. The van der Waals surface area contributed by atoms with Gasteiger partial charge in [-0.3, -0.25) is 0 Å². The van der Waals surface area contributed by atoms with Gasteiger partial charge in [0, 0.05) is 5.92 Å². The molecule has 0 bridgehead atoms. The van der Waals surface area contributed by atoms with E-state index >= 15 is 0 Å². The van der Waals surface area contributed by atoms with Crippen molar-refractivity contribution in [2.24, 2.45) is 5.92 Å². The smallest absolute Gasteiger partial charge is 0.142 e. The first-order chi connectivity index (χ1) is 10.8. The van der Waals surface area contributed by atoms with Crippen LogP contribution in [0.5, 0.6) is 5.75 Å². The van der Waals surface area contributed by atoms with Crippen molar-refractivity contribution in [3.05, 3.63) is 71.6 Å². The predicted molar refractivity (Wildman–Crippen MR) is 85.7 cm³/mol. The fourth-order valence-corrected chi connectivity index (χ4v) is 3.76. The number of allylic oxidation sites excluding steroid dienone is 2. The number of rotatable bonds is 2. The minimum Gasteiger partial charge on any atom is -0.495 e. The summed E-state index contributed by atoms with van der Waals surface area (Å²) in [5.74, 6) is 1.52. The van der Waals surface area contributed by atoms with E-state index < -0.39 is 0 Å². The molecule has 0 spiro atoms. The van der Waals surface area contributed by atoms with Gasteiger partial charge in [-0.1, -0.05) is 36.4 Å². The van der Waals surface area contributed by atoms with Crippen LogP contribution >= 0.6 is 0 Å². The molecule has 1 aliphatic carbocycles. The molecule has 2 aromatic rings. The van der Waals surface area contributed by atoms with Crippen molar-refractivity contribution >= 4 is 5.69 Å². The Morgan fingerprint density at radius 2 is 1.95 bits per heavy atom. The second kappa shape index (κ2) is 5.16. The summed E-state index contributed by atoms with van der Waals surface area (Å²) < 4.78 is 18.7. The molecule has 0 aromatic heterocycles. The number of ether oxygens (including phenoxy) is 1. The number of anilines is 1. The van der Waals surface area contributed by atoms with E-state index in [1.165, 1.54) is 17.7 Å². The maximum atomic E-state index is 13.2. The van der Waals surface area contributed by atoms with Gasteiger partial charge in [-0.15, -0.1) is 0 Å². The van der Waals surface area contributed by atoms with Crippen molar-refractivity contribution in [2.75, 3.05) is 12.4 Å². The molecule has 0 radical (unpaired) electrons. The van der Waals surface area contributed by atoms with Gasteiger partial charge in [0.1, 0.15) is 11.6 Å². The number of fused-ring (bicyclic) bond motifs is 3. The SMILES string of the molecule is COc1cccc2c1N[C@H](c1ccc(F)cc1)[C@H]1CC=C[C@H]21. The third kappa shape index (κ3) is 2.00. The summed E-state index contributed by atoms with van der Waals surface area (Å²) in [6.07, 6.45) is 5.58. The van der Waals surface area contributed by atoms with Crippen molar-refractivity contribution in [3.8, 4) is 5.75 Å². The molecule has 3 atom stereocenters. The Kier molecular flexibility index (Phi) is 3.14. The molecular formula is C19H18FNO. The topological polar surface area (TPSA) is 21.3 Å². The van der Waals surface area contributed by atoms with Crippen LogP contribution in [0.1, 0.15) is 29.5 Å². The fourth-order valence-electron chi connectivity index (χ4n) is 3.76. The van der Waals surface area contributed by atoms with Crippen molar-refractivity contribution < 1.29 is 9.13 Å². The zero-order chi connectivity index (χ0) is 15.1. The zero-order valence-electron chi connectivity index (χ0n) is 12.4. The third-order valence-electron chi connectivity index (χ3n) is 4.81. The van der Waals surface area contributed by atoms with Crippen molar-refractivity contribution in [1.82, 2.24) is 0 Å². The highest BCUT2D eigenvalue weighted by atomic mass is 19.1. The summed E-state index contributed by atoms with van der Waals surface area (Å²) >= 11 is 0. The van der Waals surface area contributed by atoms with Gasteiger partial charge in [0.25, 0.3) is 0 Å². The normalized spacial score (nSPS) is 25.3. The molecule has 1 N–H and O–H groups in total. The van der Waals surface area contributed by atoms with Gasteiger partial charge in [0.2, 0.25) is 0 Å². The van der Waals surface area contributed by atoms with E-state index in [4.69, 9.17) is 4.74 Å². The number of hydrogen-bond acceptors (Lipinski definition) is 2. The minimum atomic E-state index is -0.196. The highest BCUT2D eigenvalue weighted by Gasteiger charge is 2.38. The molecule has 0 fully saturated rings. The van der Waals surface area contributed by atoms with Crippen LogP contribution in [0.25, 0.3) is 0 Å². The number of benzene rings is 2. The maximum absolute atomic E-state index is 13.2. The highest BCUT2D eigenvalue weighted by Crippen LogP contribution is 2.51. The highest BCUT2D eigenvalue weighted by molar-refractivity contribution is 5.67. The van der Waals surface area contributed by atoms with Crippen LogP contribution in [0.2, 0.25) is 0 Å². The van der Waals surface area contributed by atoms with Gasteiger partial charge in [-0.05, 0) is 41.7 Å². The van der Waals surface area contributed by atoms with Gasteiger partial charge in [-0.25, -0.2) is 4.39 Å². The van der Waals surface area contributed by atoms with Crippen LogP contribution in [0.15, 0.2) is 54.6 Å². The molecule has 1 heterocycles. The molecule has 4 rings (SSSR count). The summed E-state index contributed by atoms with van der Waals surface area (Å²) in [5.41, 5.74) is 3.47. The molecule has 0 amide bonds. The van der Waals surface area contributed by atoms with Crippen molar-refractivity contribution in [2.45, 2.75) is 18.4 Å². The minimum absolute atomic E-state index is 0.171. The number of halogens is 1. The lowest BCUT2D eigenvalue weighted by atomic mass is 9.77. The Balaban J connectivity index is 1.81. The van der Waals surface area contributed by atoms with Gasteiger partial charge in [0.15, 0.2) is 0 Å². The second-order valence-corrected chi connectivity index (χ2v) is 5.95. The number of hydrogen-bond donors (Lipinski definition) is 1. The van der Waals surface area contributed by atoms with Crippen LogP contribution in [0, 0.1) is 11.7 Å². The monoisotopic (exact) mass is 295 g/mol. The molecule has 0 unspecified atom stereocenters. The van der Waals surface area contributed by atoms with Crippen LogP contribution in [0.3, 0.4) is 0 Å². The van der Waals surface area contributed by atoms with Gasteiger partial charge < -0.3 is 10.1 Å². The predicted octanol–water partition coefficient (Wildman–Crippen LogP) is 4.66. The second-order valence-electron chi connectivity index (χ2n) is 5.95. The number of nitrogens with one attached hydrogen (secondary N) is 1. The summed E-state index contributed by atoms with van der Waals surface area (Å²) in [6.45, 7) is 0. The summed E-state index contributed by atoms with van der Waals surface area (Å²) in [4.78, 5) is 0. The quantitative estimate of drug-likeness (QED) is 0.814. The maximum Gasteiger partial charge on any atom is 0.142 e. The van der Waals surface area contributed by atoms with Gasteiger partial charge in [0.05, 0.1) is 18.8 Å². The molecule has 2 nitrogen and oxygen atoms in total. The average Bonchev–Trinajstić information content (AvgIpc) is 3.04. The van der Waals surface area contributed by atoms with Crippen LogP contribution in [-0.2, 0) is 0 Å². The largest absolute Gasteiger partial charge is 0.495 e. The lowest BCUT2D eigenvalue weighted by molar-refractivity contribution is 0.397. The molecule has 3 heteroatoms. The number of para-hydroxylation sites is 1. The first-order valence-corrected chi connectivity index (χ1v) is 7.63. The zero-order valence-corrected chi connectivity index (χ0v) is 12.4. The average molecular weight is 295 g/mol. The van der Waals surface area contributed by atoms with Crippen LogP contribution in [0.4, 0.5) is 10.1 Å². The first-order valence-electron chi connectivity index (χ1n) is 7.63. The van der Waals surface area contributed by atoms with Crippen LogP contribution in [-0.4, -0.2) is 7.11 Å². The Morgan fingerprint density at radius 1 is 1.14 bits per heavy atom. The van der Waals surface area contributed by atoms with E-state index in [1.807, 2.05) is 24.3 Å². The van der Waals surface area contributed by atoms with E-state index in [-0.39, 0.29) is 11.9 Å². The van der Waals surface area contributed by atoms with E-state index in [9.17, 15) is 4.39 Å². The molecule has 0 saturated carbocycles. The summed E-state index contributed by atoms with van der Waals surface area (Å²) in [7, 11) is 1.70. The van der Waals surface area contributed by atoms with Gasteiger partial charge >= 0.3 is 0 Å². The fraction of sp³-hybridized carbons (Fsp3) is 0.263. The van der Waals surface area contributed by atoms with E-state index in [0.29, 0.717) is 11.8 Å². The van der Waals surface area contributed by atoms with Gasteiger partial charge in [-0.2, -0.15) is 0 Å². The summed E-state index contributed by atoms with van der Waals surface area (Å²) in [6, 6.07) is 13.2. The number of methoxy groups -OCH3 is 1. The lowest BCUT2D eigenvalue weighted by Gasteiger charge is -2.38. The third-order valence-corrected chi connectivity index (χ3v) is 4.81. The first kappa shape index (κ1) is 13.4. The van der Waals surface area contributed by atoms with E-state index in [1.54, 1.807) is 7.11 Å².